The van der Waals surface area contributed by atoms with E-state index in [0.29, 0.717) is 17.5 Å². The number of anilines is 3. The molecule has 0 atom stereocenters. The highest BCUT2D eigenvalue weighted by Gasteiger charge is 2.18. The van der Waals surface area contributed by atoms with Gasteiger partial charge in [-0.2, -0.15) is 0 Å². The first-order valence-corrected chi connectivity index (χ1v) is 21.1. The summed E-state index contributed by atoms with van der Waals surface area (Å²) in [4.78, 5) is 17.0. The number of nitrogens with zero attached hydrogens (tertiary/aromatic N) is 5. The van der Waals surface area contributed by atoms with Crippen LogP contribution in [0.3, 0.4) is 0 Å². The standard InChI is InChI=1S/C57H37N5O/c1-4-14-39(15-5-1)55-58-56(40-16-6-2-7-17-40)60-57(59-55)42-26-34-49-50-36-41(27-35-53(50)63-54(49)37-42)38-24-28-44(29-25-38)61(43-18-8-3-9-19-43)45-30-32-46(33-31-45)62-51-22-12-10-20-47(51)48-21-11-13-23-52(48)62/h1-37H. The van der Waals surface area contributed by atoms with E-state index >= 15 is 0 Å². The molecular formula is C57H37N5O. The Balaban J connectivity index is 0.873. The van der Waals surface area contributed by atoms with Crippen LogP contribution in [-0.4, -0.2) is 19.5 Å². The molecule has 0 fully saturated rings. The maximum absolute atomic E-state index is 6.48. The molecule has 3 aromatic heterocycles. The summed E-state index contributed by atoms with van der Waals surface area (Å²) in [5, 5.41) is 4.60. The smallest absolute Gasteiger partial charge is 0.164 e. The number of furan rings is 1. The average molecular weight is 808 g/mol. The Labute approximate surface area is 363 Å². The molecular weight excluding hydrogens is 771 g/mol. The third-order valence-corrected chi connectivity index (χ3v) is 11.8. The van der Waals surface area contributed by atoms with Crippen molar-refractivity contribution in [3.63, 3.8) is 0 Å². The minimum absolute atomic E-state index is 0.592. The second-order valence-electron chi connectivity index (χ2n) is 15.7. The summed E-state index contributed by atoms with van der Waals surface area (Å²) in [6.45, 7) is 0. The van der Waals surface area contributed by atoms with Crippen LogP contribution in [0.1, 0.15) is 0 Å². The number of hydrogen-bond donors (Lipinski definition) is 0. The van der Waals surface area contributed by atoms with Crippen molar-refractivity contribution in [2.45, 2.75) is 0 Å². The van der Waals surface area contributed by atoms with Gasteiger partial charge in [0.25, 0.3) is 0 Å². The van der Waals surface area contributed by atoms with Crippen molar-refractivity contribution in [3.8, 4) is 51.0 Å². The van der Waals surface area contributed by atoms with Crippen LogP contribution in [0, 0.1) is 0 Å². The summed E-state index contributed by atoms with van der Waals surface area (Å²) in [7, 11) is 0. The van der Waals surface area contributed by atoms with E-state index in [1.165, 1.54) is 21.8 Å². The second-order valence-corrected chi connectivity index (χ2v) is 15.7. The first kappa shape index (κ1) is 36.3. The van der Waals surface area contributed by atoms with E-state index in [1.54, 1.807) is 0 Å². The van der Waals surface area contributed by atoms with E-state index in [-0.39, 0.29) is 0 Å². The number of para-hydroxylation sites is 3. The van der Waals surface area contributed by atoms with Crippen LogP contribution in [0.4, 0.5) is 17.1 Å². The van der Waals surface area contributed by atoms with Crippen molar-refractivity contribution in [3.05, 3.63) is 224 Å². The minimum atomic E-state index is 0.592. The molecule has 3 heterocycles. The largest absolute Gasteiger partial charge is 0.456 e. The molecule has 6 nitrogen and oxygen atoms in total. The fraction of sp³-hybridized carbons (Fsp3) is 0. The molecule has 0 aliphatic heterocycles. The Bertz CT molecular complexity index is 3490. The van der Waals surface area contributed by atoms with E-state index < -0.39 is 0 Å². The molecule has 296 valence electrons. The van der Waals surface area contributed by atoms with E-state index in [9.17, 15) is 0 Å². The van der Waals surface area contributed by atoms with Gasteiger partial charge in [0.15, 0.2) is 17.5 Å². The van der Waals surface area contributed by atoms with Crippen LogP contribution in [0.5, 0.6) is 0 Å². The molecule has 12 rings (SSSR count). The third kappa shape index (κ3) is 6.49. The van der Waals surface area contributed by atoms with Gasteiger partial charge in [0.1, 0.15) is 11.2 Å². The first-order valence-electron chi connectivity index (χ1n) is 21.1. The summed E-state index contributed by atoms with van der Waals surface area (Å²) in [5.41, 5.74) is 13.3. The molecule has 0 N–H and O–H groups in total. The fourth-order valence-electron chi connectivity index (χ4n) is 8.81. The van der Waals surface area contributed by atoms with Gasteiger partial charge in [0.2, 0.25) is 0 Å². The highest BCUT2D eigenvalue weighted by atomic mass is 16.3. The third-order valence-electron chi connectivity index (χ3n) is 11.8. The van der Waals surface area contributed by atoms with Gasteiger partial charge in [-0.05, 0) is 96.1 Å². The number of aromatic nitrogens is 4. The molecule has 12 aromatic rings. The topological polar surface area (TPSA) is 60.0 Å². The Kier molecular flexibility index (Phi) is 8.71. The molecule has 9 aromatic carbocycles. The Morgan fingerprint density at radius 3 is 1.40 bits per heavy atom. The summed E-state index contributed by atoms with van der Waals surface area (Å²) in [5.74, 6) is 1.84. The summed E-state index contributed by atoms with van der Waals surface area (Å²) >= 11 is 0. The zero-order valence-corrected chi connectivity index (χ0v) is 34.0. The van der Waals surface area contributed by atoms with Crippen molar-refractivity contribution >= 4 is 60.8 Å². The molecule has 0 amide bonds. The average Bonchev–Trinajstić information content (AvgIpc) is 3.90. The Morgan fingerprint density at radius 1 is 0.317 bits per heavy atom. The van der Waals surface area contributed by atoms with Gasteiger partial charge < -0.3 is 13.9 Å². The summed E-state index contributed by atoms with van der Waals surface area (Å²) in [6.07, 6.45) is 0. The second kappa shape index (κ2) is 15.1. The number of hydrogen-bond acceptors (Lipinski definition) is 5. The van der Waals surface area contributed by atoms with Gasteiger partial charge in [0.05, 0.1) is 11.0 Å². The molecule has 6 heteroatoms. The van der Waals surface area contributed by atoms with Gasteiger partial charge in [-0.15, -0.1) is 0 Å². The van der Waals surface area contributed by atoms with Crippen molar-refractivity contribution in [2.24, 2.45) is 0 Å². The molecule has 0 bridgehead atoms. The van der Waals surface area contributed by atoms with Crippen LogP contribution in [0.25, 0.3) is 94.7 Å². The molecule has 0 saturated carbocycles. The van der Waals surface area contributed by atoms with Gasteiger partial charge in [-0.3, -0.25) is 0 Å². The van der Waals surface area contributed by atoms with Crippen molar-refractivity contribution in [1.29, 1.82) is 0 Å². The maximum Gasteiger partial charge on any atom is 0.164 e. The predicted octanol–water partition coefficient (Wildman–Crippen LogP) is 15.0. The molecule has 0 aliphatic rings. The normalized spacial score (nSPS) is 11.5. The van der Waals surface area contributed by atoms with Gasteiger partial charge in [-0.25, -0.2) is 15.0 Å². The number of rotatable bonds is 8. The lowest BCUT2D eigenvalue weighted by molar-refractivity contribution is 0.669. The van der Waals surface area contributed by atoms with Crippen molar-refractivity contribution < 1.29 is 4.42 Å². The van der Waals surface area contributed by atoms with E-state index in [1.807, 2.05) is 66.7 Å². The van der Waals surface area contributed by atoms with E-state index in [2.05, 4.69) is 167 Å². The highest BCUT2D eigenvalue weighted by Crippen LogP contribution is 2.39. The lowest BCUT2D eigenvalue weighted by Crippen LogP contribution is -2.10. The molecule has 0 saturated heterocycles. The Morgan fingerprint density at radius 2 is 0.794 bits per heavy atom. The van der Waals surface area contributed by atoms with Gasteiger partial charge in [0, 0.05) is 61.0 Å². The van der Waals surface area contributed by atoms with E-state index in [0.717, 1.165) is 72.5 Å². The van der Waals surface area contributed by atoms with Crippen molar-refractivity contribution in [2.75, 3.05) is 4.90 Å². The molecule has 63 heavy (non-hydrogen) atoms. The molecule has 0 unspecified atom stereocenters. The van der Waals surface area contributed by atoms with Gasteiger partial charge >= 0.3 is 0 Å². The molecule has 0 radical (unpaired) electrons. The number of benzene rings is 9. The first-order chi connectivity index (χ1) is 31.2. The van der Waals surface area contributed by atoms with Crippen molar-refractivity contribution in [1.82, 2.24) is 19.5 Å². The minimum Gasteiger partial charge on any atom is -0.456 e. The molecule has 0 spiro atoms. The lowest BCUT2D eigenvalue weighted by atomic mass is 10.0. The fourth-order valence-corrected chi connectivity index (χ4v) is 8.81. The Hall–Kier alpha value is -8.61. The van der Waals surface area contributed by atoms with Crippen LogP contribution in [-0.2, 0) is 0 Å². The monoisotopic (exact) mass is 807 g/mol. The zero-order valence-electron chi connectivity index (χ0n) is 34.0. The quantitative estimate of drug-likeness (QED) is 0.153. The highest BCUT2D eigenvalue weighted by molar-refractivity contribution is 6.09. The SMILES string of the molecule is c1ccc(-c2nc(-c3ccccc3)nc(-c3ccc4c(c3)oc3ccc(-c5ccc(N(c6ccccc6)c6ccc(-n7c8ccccc8c8ccccc87)cc6)cc5)cc34)n2)cc1. The summed E-state index contributed by atoms with van der Waals surface area (Å²) < 4.78 is 8.83. The van der Waals surface area contributed by atoms with Crippen LogP contribution in [0.15, 0.2) is 229 Å². The van der Waals surface area contributed by atoms with Crippen LogP contribution in [0.2, 0.25) is 0 Å². The van der Waals surface area contributed by atoms with Crippen LogP contribution >= 0.6 is 0 Å². The predicted molar refractivity (Wildman–Crippen MR) is 258 cm³/mol. The van der Waals surface area contributed by atoms with Gasteiger partial charge in [-0.1, -0.05) is 140 Å². The zero-order chi connectivity index (χ0) is 41.7. The maximum atomic E-state index is 6.48. The van der Waals surface area contributed by atoms with E-state index in [4.69, 9.17) is 19.4 Å². The summed E-state index contributed by atoms with van der Waals surface area (Å²) in [6, 6.07) is 78.2. The molecule has 0 aliphatic carbocycles. The number of fused-ring (bicyclic) bond motifs is 6. The van der Waals surface area contributed by atoms with Crippen LogP contribution < -0.4 is 4.90 Å². The lowest BCUT2D eigenvalue weighted by Gasteiger charge is -2.26.